The number of carbonyl (C=O) groups is 2. The molecule has 5 heteroatoms. The van der Waals surface area contributed by atoms with Crippen LogP contribution in [0.25, 0.3) is 0 Å². The largest absolute Gasteiger partial charge is 0.480 e. The predicted octanol–water partition coefficient (Wildman–Crippen LogP) is 3.18. The van der Waals surface area contributed by atoms with Crippen molar-refractivity contribution in [3.8, 4) is 0 Å². The maximum atomic E-state index is 12.1. The quantitative estimate of drug-likeness (QED) is 0.797. The number of anilines is 1. The number of carboxylic acid groups (broad SMARTS) is 1. The molecule has 0 spiro atoms. The van der Waals surface area contributed by atoms with Crippen molar-refractivity contribution >= 4 is 17.7 Å². The number of para-hydroxylation sites is 1. The first kappa shape index (κ1) is 17.0. The highest BCUT2D eigenvalue weighted by molar-refractivity contribution is 5.93. The van der Waals surface area contributed by atoms with Gasteiger partial charge >= 0.3 is 12.0 Å². The second kappa shape index (κ2) is 6.61. The average Bonchev–Trinajstić information content (AvgIpc) is 2.36. The lowest BCUT2D eigenvalue weighted by atomic mass is 9.87. The first-order chi connectivity index (χ1) is 9.66. The van der Waals surface area contributed by atoms with Crippen molar-refractivity contribution in [1.29, 1.82) is 0 Å². The van der Waals surface area contributed by atoms with Gasteiger partial charge in [-0.25, -0.2) is 9.59 Å². The number of aliphatic carboxylic acids is 1. The molecule has 0 heterocycles. The van der Waals surface area contributed by atoms with E-state index < -0.39 is 23.5 Å². The van der Waals surface area contributed by atoms with E-state index in [9.17, 15) is 14.7 Å². The smallest absolute Gasteiger partial charge is 0.326 e. The number of urea groups is 1. The normalized spacial score (nSPS) is 12.6. The Kier molecular flexibility index (Phi) is 5.35. The summed E-state index contributed by atoms with van der Waals surface area (Å²) in [5.74, 6) is -1.04. The lowest BCUT2D eigenvalue weighted by Crippen LogP contribution is -2.50. The van der Waals surface area contributed by atoms with Gasteiger partial charge < -0.3 is 15.7 Å². The van der Waals surface area contributed by atoms with Gasteiger partial charge in [0.15, 0.2) is 0 Å². The molecule has 5 nitrogen and oxygen atoms in total. The molecule has 21 heavy (non-hydrogen) atoms. The van der Waals surface area contributed by atoms with Crippen molar-refractivity contribution in [2.45, 2.75) is 47.1 Å². The zero-order chi connectivity index (χ0) is 16.2. The van der Waals surface area contributed by atoms with Crippen LogP contribution in [0.1, 0.15) is 38.8 Å². The number of rotatable bonds is 4. The van der Waals surface area contributed by atoms with Gasteiger partial charge in [0.2, 0.25) is 0 Å². The molecule has 0 aliphatic heterocycles. The Labute approximate surface area is 125 Å². The number of nitrogens with one attached hydrogen (secondary N) is 2. The number of aryl methyl sites for hydroxylation is 2. The number of carbonyl (C=O) groups excluding carboxylic acids is 1. The molecular formula is C16H24N2O3. The summed E-state index contributed by atoms with van der Waals surface area (Å²) in [5, 5.41) is 14.5. The summed E-state index contributed by atoms with van der Waals surface area (Å²) in [6.07, 6.45) is 0.791. The lowest BCUT2D eigenvalue weighted by molar-refractivity contribution is -0.141. The van der Waals surface area contributed by atoms with Crippen LogP contribution in [0.2, 0.25) is 0 Å². The van der Waals surface area contributed by atoms with Gasteiger partial charge in [-0.3, -0.25) is 0 Å². The summed E-state index contributed by atoms with van der Waals surface area (Å²) in [5.41, 5.74) is 2.15. The van der Waals surface area contributed by atoms with E-state index in [1.54, 1.807) is 20.8 Å². The van der Waals surface area contributed by atoms with Crippen LogP contribution >= 0.6 is 0 Å². The van der Waals surface area contributed by atoms with Crippen molar-refractivity contribution in [3.05, 3.63) is 29.3 Å². The van der Waals surface area contributed by atoms with Crippen molar-refractivity contribution in [1.82, 2.24) is 5.32 Å². The predicted molar refractivity (Wildman–Crippen MR) is 83.6 cm³/mol. The van der Waals surface area contributed by atoms with E-state index in [1.165, 1.54) is 0 Å². The number of carboxylic acids is 1. The number of amides is 2. The van der Waals surface area contributed by atoms with Crippen LogP contribution in [0.15, 0.2) is 18.2 Å². The van der Waals surface area contributed by atoms with Crippen LogP contribution in [0.5, 0.6) is 0 Å². The average molecular weight is 292 g/mol. The maximum Gasteiger partial charge on any atom is 0.326 e. The molecule has 3 N–H and O–H groups in total. The van der Waals surface area contributed by atoms with Crippen molar-refractivity contribution in [3.63, 3.8) is 0 Å². The summed E-state index contributed by atoms with van der Waals surface area (Å²) < 4.78 is 0. The van der Waals surface area contributed by atoms with Crippen molar-refractivity contribution in [2.75, 3.05) is 5.32 Å². The van der Waals surface area contributed by atoms with Crippen molar-refractivity contribution < 1.29 is 14.7 Å². The molecule has 0 aliphatic carbocycles. The van der Waals surface area contributed by atoms with E-state index in [0.29, 0.717) is 0 Å². The number of benzene rings is 1. The third-order valence-electron chi connectivity index (χ3n) is 3.37. The zero-order valence-corrected chi connectivity index (χ0v) is 13.3. The molecule has 0 saturated heterocycles. The Bertz CT molecular complexity index is 533. The van der Waals surface area contributed by atoms with Crippen LogP contribution in [0.3, 0.4) is 0 Å². The molecule has 116 valence electrons. The van der Waals surface area contributed by atoms with E-state index in [-0.39, 0.29) is 0 Å². The van der Waals surface area contributed by atoms with Gasteiger partial charge in [0.25, 0.3) is 0 Å². The topological polar surface area (TPSA) is 78.4 Å². The SMILES string of the molecule is CCc1cccc(C)c1NC(=O)NC(C(=O)O)C(C)(C)C. The maximum absolute atomic E-state index is 12.1. The Morgan fingerprint density at radius 3 is 2.38 bits per heavy atom. The highest BCUT2D eigenvalue weighted by Crippen LogP contribution is 2.22. The fourth-order valence-corrected chi connectivity index (χ4v) is 2.13. The second-order valence-electron chi connectivity index (χ2n) is 6.20. The van der Waals surface area contributed by atoms with Gasteiger partial charge in [-0.2, -0.15) is 0 Å². The first-order valence-corrected chi connectivity index (χ1v) is 7.05. The summed E-state index contributed by atoms with van der Waals surface area (Å²) in [6, 6.07) is 4.34. The molecule has 1 rings (SSSR count). The monoisotopic (exact) mass is 292 g/mol. The molecule has 1 unspecified atom stereocenters. The van der Waals surface area contributed by atoms with Gasteiger partial charge in [0.1, 0.15) is 6.04 Å². The van der Waals surface area contributed by atoms with Gasteiger partial charge in [0.05, 0.1) is 0 Å². The van der Waals surface area contributed by atoms with Crippen LogP contribution < -0.4 is 10.6 Å². The molecule has 0 bridgehead atoms. The molecule has 1 aromatic carbocycles. The molecule has 1 atom stereocenters. The standard InChI is InChI=1S/C16H24N2O3/c1-6-11-9-7-8-10(2)12(11)17-15(21)18-13(14(19)20)16(3,4)5/h7-9,13H,6H2,1-5H3,(H,19,20)(H2,17,18,21). The van der Waals surface area contributed by atoms with E-state index in [4.69, 9.17) is 0 Å². The highest BCUT2D eigenvalue weighted by Gasteiger charge is 2.32. The van der Waals surface area contributed by atoms with Gasteiger partial charge in [0, 0.05) is 5.69 Å². The Hall–Kier alpha value is -2.04. The van der Waals surface area contributed by atoms with E-state index >= 15 is 0 Å². The number of hydrogen-bond acceptors (Lipinski definition) is 2. The lowest BCUT2D eigenvalue weighted by Gasteiger charge is -2.28. The fourth-order valence-electron chi connectivity index (χ4n) is 2.13. The summed E-state index contributed by atoms with van der Waals surface area (Å²) >= 11 is 0. The molecular weight excluding hydrogens is 268 g/mol. The minimum absolute atomic E-state index is 0.499. The summed E-state index contributed by atoms with van der Waals surface area (Å²) in [4.78, 5) is 23.4. The number of hydrogen-bond donors (Lipinski definition) is 3. The molecule has 0 fully saturated rings. The summed E-state index contributed by atoms with van der Waals surface area (Å²) in [6.45, 7) is 9.24. The van der Waals surface area contributed by atoms with E-state index in [2.05, 4.69) is 10.6 Å². The zero-order valence-electron chi connectivity index (χ0n) is 13.3. The fraction of sp³-hybridized carbons (Fsp3) is 0.500. The van der Waals surface area contributed by atoms with Gasteiger partial charge in [-0.15, -0.1) is 0 Å². The van der Waals surface area contributed by atoms with Crippen LogP contribution in [0, 0.1) is 12.3 Å². The third-order valence-corrected chi connectivity index (χ3v) is 3.37. The Balaban J connectivity index is 2.90. The molecule has 0 aliphatic rings. The molecule has 0 radical (unpaired) electrons. The second-order valence-corrected chi connectivity index (χ2v) is 6.20. The van der Waals surface area contributed by atoms with Crippen molar-refractivity contribution in [2.24, 2.45) is 5.41 Å². The summed E-state index contributed by atoms with van der Waals surface area (Å²) in [7, 11) is 0. The van der Waals surface area contributed by atoms with Crippen LogP contribution in [-0.4, -0.2) is 23.1 Å². The molecule has 2 amide bonds. The van der Waals surface area contributed by atoms with Gasteiger partial charge in [-0.05, 0) is 29.9 Å². The van der Waals surface area contributed by atoms with Crippen LogP contribution in [0.4, 0.5) is 10.5 Å². The first-order valence-electron chi connectivity index (χ1n) is 7.05. The minimum Gasteiger partial charge on any atom is -0.480 e. The van der Waals surface area contributed by atoms with E-state index in [0.717, 1.165) is 23.2 Å². The third kappa shape index (κ3) is 4.48. The van der Waals surface area contributed by atoms with Gasteiger partial charge in [-0.1, -0.05) is 45.9 Å². The Morgan fingerprint density at radius 2 is 1.90 bits per heavy atom. The van der Waals surface area contributed by atoms with E-state index in [1.807, 2.05) is 32.0 Å². The van der Waals surface area contributed by atoms with Crippen LogP contribution in [-0.2, 0) is 11.2 Å². The molecule has 0 aromatic heterocycles. The highest BCUT2D eigenvalue weighted by atomic mass is 16.4. The Morgan fingerprint density at radius 1 is 1.29 bits per heavy atom. The molecule has 1 aromatic rings. The molecule has 0 saturated carbocycles. The minimum atomic E-state index is -1.04.